The van der Waals surface area contributed by atoms with E-state index in [-0.39, 0.29) is 0 Å². The van der Waals surface area contributed by atoms with Crippen molar-refractivity contribution in [3.63, 3.8) is 0 Å². The monoisotopic (exact) mass is 311 g/mol. The predicted molar refractivity (Wildman–Crippen MR) is 93.4 cm³/mol. The lowest BCUT2D eigenvalue weighted by atomic mass is 9.92. The Kier molecular flexibility index (Phi) is 4.87. The first kappa shape index (κ1) is 15.9. The van der Waals surface area contributed by atoms with E-state index >= 15 is 0 Å². The SMILES string of the molecule is CCc1ccc(COc2ccc(C3CN(C)C3)cc2OC)cc1. The van der Waals surface area contributed by atoms with Gasteiger partial charge >= 0.3 is 0 Å². The van der Waals surface area contributed by atoms with E-state index in [4.69, 9.17) is 9.47 Å². The molecule has 0 N–H and O–H groups in total. The molecule has 122 valence electrons. The number of likely N-dealkylation sites (tertiary alicyclic amines) is 1. The summed E-state index contributed by atoms with van der Waals surface area (Å²) in [6.45, 7) is 4.96. The highest BCUT2D eigenvalue weighted by atomic mass is 16.5. The highest BCUT2D eigenvalue weighted by Gasteiger charge is 2.25. The molecule has 3 rings (SSSR count). The number of ether oxygens (including phenoxy) is 2. The van der Waals surface area contributed by atoms with Crippen LogP contribution in [0, 0.1) is 0 Å². The molecule has 3 nitrogen and oxygen atoms in total. The molecule has 1 aliphatic rings. The molecule has 0 atom stereocenters. The summed E-state index contributed by atoms with van der Waals surface area (Å²) in [5.41, 5.74) is 3.86. The predicted octanol–water partition coefficient (Wildman–Crippen LogP) is 3.87. The van der Waals surface area contributed by atoms with Crippen LogP contribution in [0.5, 0.6) is 11.5 Å². The quantitative estimate of drug-likeness (QED) is 0.808. The van der Waals surface area contributed by atoms with Gasteiger partial charge in [-0.1, -0.05) is 37.3 Å². The molecule has 2 aromatic carbocycles. The minimum absolute atomic E-state index is 0.561. The van der Waals surface area contributed by atoms with Gasteiger partial charge in [0, 0.05) is 19.0 Å². The van der Waals surface area contributed by atoms with Gasteiger partial charge in [0.25, 0.3) is 0 Å². The number of hydrogen-bond acceptors (Lipinski definition) is 3. The van der Waals surface area contributed by atoms with E-state index in [9.17, 15) is 0 Å². The first-order chi connectivity index (χ1) is 11.2. The molecular formula is C20H25NO2. The zero-order valence-corrected chi connectivity index (χ0v) is 14.2. The summed E-state index contributed by atoms with van der Waals surface area (Å²) in [6, 6.07) is 14.9. The lowest BCUT2D eigenvalue weighted by Crippen LogP contribution is -2.41. The lowest BCUT2D eigenvalue weighted by molar-refractivity contribution is 0.189. The molecule has 23 heavy (non-hydrogen) atoms. The second-order valence-corrected chi connectivity index (χ2v) is 6.29. The average molecular weight is 311 g/mol. The van der Waals surface area contributed by atoms with Gasteiger partial charge in [0.1, 0.15) is 6.61 Å². The Balaban J connectivity index is 1.66. The van der Waals surface area contributed by atoms with E-state index in [2.05, 4.69) is 55.3 Å². The first-order valence-corrected chi connectivity index (χ1v) is 8.26. The Morgan fingerprint density at radius 1 is 1.00 bits per heavy atom. The van der Waals surface area contributed by atoms with Crippen LogP contribution < -0.4 is 9.47 Å². The number of nitrogens with zero attached hydrogens (tertiary/aromatic N) is 1. The van der Waals surface area contributed by atoms with Gasteiger partial charge in [-0.25, -0.2) is 0 Å². The van der Waals surface area contributed by atoms with Crippen molar-refractivity contribution in [1.82, 2.24) is 4.90 Å². The van der Waals surface area contributed by atoms with E-state index in [0.717, 1.165) is 31.0 Å². The molecule has 1 aliphatic heterocycles. The molecule has 0 aromatic heterocycles. The molecule has 0 amide bonds. The summed E-state index contributed by atoms with van der Waals surface area (Å²) in [4.78, 5) is 2.32. The number of aryl methyl sites for hydroxylation is 1. The highest BCUT2D eigenvalue weighted by molar-refractivity contribution is 5.44. The molecule has 0 bridgehead atoms. The summed E-state index contributed by atoms with van der Waals surface area (Å²) in [6.07, 6.45) is 1.06. The summed E-state index contributed by atoms with van der Waals surface area (Å²) in [5, 5.41) is 0. The van der Waals surface area contributed by atoms with E-state index in [1.165, 1.54) is 16.7 Å². The lowest BCUT2D eigenvalue weighted by Gasteiger charge is -2.36. The maximum atomic E-state index is 5.96. The van der Waals surface area contributed by atoms with E-state index in [1.54, 1.807) is 7.11 Å². The molecule has 0 spiro atoms. The summed E-state index contributed by atoms with van der Waals surface area (Å²) in [7, 11) is 3.85. The zero-order chi connectivity index (χ0) is 16.2. The Morgan fingerprint density at radius 2 is 1.70 bits per heavy atom. The maximum absolute atomic E-state index is 5.96. The summed E-state index contributed by atoms with van der Waals surface area (Å²) >= 11 is 0. The second kappa shape index (κ2) is 7.05. The zero-order valence-electron chi connectivity index (χ0n) is 14.2. The van der Waals surface area contributed by atoms with Crippen molar-refractivity contribution in [1.29, 1.82) is 0 Å². The van der Waals surface area contributed by atoms with Gasteiger partial charge in [0.2, 0.25) is 0 Å². The minimum atomic E-state index is 0.561. The normalized spacial score (nSPS) is 15.3. The Morgan fingerprint density at radius 3 is 2.30 bits per heavy atom. The second-order valence-electron chi connectivity index (χ2n) is 6.29. The van der Waals surface area contributed by atoms with Crippen LogP contribution in [-0.4, -0.2) is 32.1 Å². The third-order valence-electron chi connectivity index (χ3n) is 4.55. The van der Waals surface area contributed by atoms with Crippen LogP contribution in [0.2, 0.25) is 0 Å². The van der Waals surface area contributed by atoms with Crippen LogP contribution in [0.1, 0.15) is 29.5 Å². The van der Waals surface area contributed by atoms with Gasteiger partial charge in [0.15, 0.2) is 11.5 Å². The van der Waals surface area contributed by atoms with E-state index in [1.807, 2.05) is 6.07 Å². The minimum Gasteiger partial charge on any atom is -0.493 e. The number of benzene rings is 2. The highest BCUT2D eigenvalue weighted by Crippen LogP contribution is 2.34. The number of likely N-dealkylation sites (N-methyl/N-ethyl adjacent to an activating group) is 1. The Labute approximate surface area is 138 Å². The summed E-state index contributed by atoms with van der Waals surface area (Å²) in [5.74, 6) is 2.25. The molecule has 1 saturated heterocycles. The molecule has 2 aromatic rings. The van der Waals surface area contributed by atoms with Gasteiger partial charge < -0.3 is 14.4 Å². The van der Waals surface area contributed by atoms with Crippen LogP contribution in [0.15, 0.2) is 42.5 Å². The standard InChI is InChI=1S/C20H25NO2/c1-4-15-5-7-16(8-6-15)14-23-19-10-9-17(11-20(19)22-3)18-12-21(2)13-18/h5-11,18H,4,12-14H2,1-3H3. The van der Waals surface area contributed by atoms with Crippen LogP contribution >= 0.6 is 0 Å². The van der Waals surface area contributed by atoms with Crippen LogP contribution in [0.4, 0.5) is 0 Å². The third kappa shape index (κ3) is 3.67. The number of hydrogen-bond donors (Lipinski definition) is 0. The Hall–Kier alpha value is -2.00. The Bertz CT molecular complexity index is 645. The molecular weight excluding hydrogens is 286 g/mol. The fraction of sp³-hybridized carbons (Fsp3) is 0.400. The molecule has 0 aliphatic carbocycles. The topological polar surface area (TPSA) is 21.7 Å². The molecule has 1 heterocycles. The molecule has 0 saturated carbocycles. The summed E-state index contributed by atoms with van der Waals surface area (Å²) < 4.78 is 11.5. The van der Waals surface area contributed by atoms with E-state index in [0.29, 0.717) is 12.5 Å². The van der Waals surface area contributed by atoms with Gasteiger partial charge in [-0.05, 0) is 42.3 Å². The van der Waals surface area contributed by atoms with Crippen molar-refractivity contribution in [2.45, 2.75) is 25.9 Å². The van der Waals surface area contributed by atoms with Crippen molar-refractivity contribution in [3.05, 3.63) is 59.2 Å². The van der Waals surface area contributed by atoms with Crippen molar-refractivity contribution in [2.75, 3.05) is 27.2 Å². The molecule has 1 fully saturated rings. The fourth-order valence-electron chi connectivity index (χ4n) is 3.00. The molecule has 0 unspecified atom stereocenters. The molecule has 3 heteroatoms. The maximum Gasteiger partial charge on any atom is 0.161 e. The van der Waals surface area contributed by atoms with Gasteiger partial charge in [-0.3, -0.25) is 0 Å². The van der Waals surface area contributed by atoms with Gasteiger partial charge in [-0.2, -0.15) is 0 Å². The number of methoxy groups -OCH3 is 1. The van der Waals surface area contributed by atoms with Crippen molar-refractivity contribution in [2.24, 2.45) is 0 Å². The van der Waals surface area contributed by atoms with Crippen LogP contribution in [-0.2, 0) is 13.0 Å². The van der Waals surface area contributed by atoms with Crippen molar-refractivity contribution >= 4 is 0 Å². The molecule has 0 radical (unpaired) electrons. The largest absolute Gasteiger partial charge is 0.493 e. The van der Waals surface area contributed by atoms with E-state index < -0.39 is 0 Å². The fourth-order valence-corrected chi connectivity index (χ4v) is 3.00. The first-order valence-electron chi connectivity index (χ1n) is 8.26. The van der Waals surface area contributed by atoms with Crippen molar-refractivity contribution < 1.29 is 9.47 Å². The van der Waals surface area contributed by atoms with Crippen molar-refractivity contribution in [3.8, 4) is 11.5 Å². The van der Waals surface area contributed by atoms with Crippen LogP contribution in [0.25, 0.3) is 0 Å². The average Bonchev–Trinajstić information content (AvgIpc) is 2.57. The van der Waals surface area contributed by atoms with Crippen LogP contribution in [0.3, 0.4) is 0 Å². The number of rotatable bonds is 6. The van der Waals surface area contributed by atoms with Gasteiger partial charge in [-0.15, -0.1) is 0 Å². The smallest absolute Gasteiger partial charge is 0.161 e. The third-order valence-corrected chi connectivity index (χ3v) is 4.55. The van der Waals surface area contributed by atoms with Gasteiger partial charge in [0.05, 0.1) is 7.11 Å².